The van der Waals surface area contributed by atoms with Crippen molar-refractivity contribution < 1.29 is 14.6 Å². The summed E-state index contributed by atoms with van der Waals surface area (Å²) < 4.78 is 7.08. The SMILES string of the molecule is O=C(O)C1(Cn2nnnc2-c2ccc3c(c2)CCO3)CC1. The molecule has 0 atom stereocenters. The van der Waals surface area contributed by atoms with Crippen molar-refractivity contribution in [2.24, 2.45) is 5.41 Å². The molecule has 0 spiro atoms. The van der Waals surface area contributed by atoms with Crippen LogP contribution in [0.2, 0.25) is 0 Å². The number of aliphatic carboxylic acids is 1. The molecular weight excluding hydrogens is 272 g/mol. The van der Waals surface area contributed by atoms with E-state index >= 15 is 0 Å². The zero-order valence-corrected chi connectivity index (χ0v) is 11.3. The molecule has 1 fully saturated rings. The van der Waals surface area contributed by atoms with Gasteiger partial charge in [0.2, 0.25) is 0 Å². The smallest absolute Gasteiger partial charge is 0.311 e. The van der Waals surface area contributed by atoms with Gasteiger partial charge in [-0.15, -0.1) is 5.10 Å². The van der Waals surface area contributed by atoms with E-state index in [9.17, 15) is 9.90 Å². The van der Waals surface area contributed by atoms with Crippen LogP contribution in [0.4, 0.5) is 0 Å². The highest BCUT2D eigenvalue weighted by atomic mass is 16.5. The lowest BCUT2D eigenvalue weighted by Gasteiger charge is -2.11. The highest BCUT2D eigenvalue weighted by Gasteiger charge is 2.51. The summed E-state index contributed by atoms with van der Waals surface area (Å²) in [5.74, 6) is 0.741. The van der Waals surface area contributed by atoms with E-state index in [-0.39, 0.29) is 0 Å². The van der Waals surface area contributed by atoms with Gasteiger partial charge >= 0.3 is 5.97 Å². The standard InChI is InChI=1S/C14H14N4O3/c19-13(20)14(4-5-14)8-18-12(15-16-17-18)10-1-2-11-9(7-10)3-6-21-11/h1-2,7H,3-6,8H2,(H,19,20). The summed E-state index contributed by atoms with van der Waals surface area (Å²) in [6.07, 6.45) is 2.24. The fraction of sp³-hybridized carbons (Fsp3) is 0.429. The molecule has 2 aromatic rings. The first kappa shape index (κ1) is 12.3. The Morgan fingerprint density at radius 3 is 3.05 bits per heavy atom. The number of carbonyl (C=O) groups is 1. The van der Waals surface area contributed by atoms with Crippen molar-refractivity contribution in [1.29, 1.82) is 0 Å². The van der Waals surface area contributed by atoms with E-state index in [1.165, 1.54) is 0 Å². The van der Waals surface area contributed by atoms with Crippen molar-refractivity contribution in [1.82, 2.24) is 20.2 Å². The lowest BCUT2D eigenvalue weighted by Crippen LogP contribution is -2.22. The number of tetrazole rings is 1. The van der Waals surface area contributed by atoms with Crippen LogP contribution in [0.1, 0.15) is 18.4 Å². The second-order valence-corrected chi connectivity index (χ2v) is 5.67. The van der Waals surface area contributed by atoms with Crippen molar-refractivity contribution in [2.75, 3.05) is 6.61 Å². The monoisotopic (exact) mass is 286 g/mol. The molecule has 21 heavy (non-hydrogen) atoms. The van der Waals surface area contributed by atoms with Crippen LogP contribution < -0.4 is 4.74 Å². The minimum atomic E-state index is -0.772. The number of aromatic nitrogens is 4. The van der Waals surface area contributed by atoms with Gasteiger partial charge in [-0.05, 0) is 47.0 Å². The number of benzene rings is 1. The summed E-state index contributed by atoms with van der Waals surface area (Å²) in [6.45, 7) is 1.02. The van der Waals surface area contributed by atoms with Crippen molar-refractivity contribution in [2.45, 2.75) is 25.8 Å². The molecule has 4 rings (SSSR count). The number of fused-ring (bicyclic) bond motifs is 1. The molecule has 0 amide bonds. The van der Waals surface area contributed by atoms with E-state index in [2.05, 4.69) is 15.5 Å². The molecule has 108 valence electrons. The van der Waals surface area contributed by atoms with E-state index in [4.69, 9.17) is 4.74 Å². The molecule has 1 aliphatic heterocycles. The van der Waals surface area contributed by atoms with E-state index in [1.807, 2.05) is 18.2 Å². The van der Waals surface area contributed by atoms with Crippen molar-refractivity contribution in [3.05, 3.63) is 23.8 Å². The number of ether oxygens (including phenoxy) is 1. The van der Waals surface area contributed by atoms with Gasteiger partial charge in [-0.2, -0.15) is 0 Å². The summed E-state index contributed by atoms with van der Waals surface area (Å²) >= 11 is 0. The molecule has 1 saturated carbocycles. The first-order valence-electron chi connectivity index (χ1n) is 6.94. The highest BCUT2D eigenvalue weighted by Crippen LogP contribution is 2.47. The molecule has 1 aromatic carbocycles. The molecule has 0 unspecified atom stereocenters. The van der Waals surface area contributed by atoms with Crippen LogP contribution in [-0.2, 0) is 17.8 Å². The maximum Gasteiger partial charge on any atom is 0.311 e. The molecule has 7 nitrogen and oxygen atoms in total. The molecule has 1 aromatic heterocycles. The molecule has 1 aliphatic carbocycles. The van der Waals surface area contributed by atoms with Crippen molar-refractivity contribution in [3.63, 3.8) is 0 Å². The normalized spacial score (nSPS) is 18.1. The molecule has 0 saturated heterocycles. The van der Waals surface area contributed by atoms with Gasteiger partial charge in [0, 0.05) is 12.0 Å². The predicted molar refractivity (Wildman–Crippen MR) is 71.8 cm³/mol. The summed E-state index contributed by atoms with van der Waals surface area (Å²) in [4.78, 5) is 11.3. The molecule has 0 bridgehead atoms. The Hall–Kier alpha value is -2.44. The molecular formula is C14H14N4O3. The lowest BCUT2D eigenvalue weighted by molar-refractivity contribution is -0.144. The van der Waals surface area contributed by atoms with E-state index in [0.29, 0.717) is 31.8 Å². The zero-order chi connectivity index (χ0) is 14.4. The third-order valence-corrected chi connectivity index (χ3v) is 4.24. The number of nitrogens with zero attached hydrogens (tertiary/aromatic N) is 4. The van der Waals surface area contributed by atoms with Crippen LogP contribution in [0.15, 0.2) is 18.2 Å². The second kappa shape index (κ2) is 4.28. The third kappa shape index (κ3) is 1.96. The van der Waals surface area contributed by atoms with Gasteiger partial charge in [0.15, 0.2) is 5.82 Å². The molecule has 0 radical (unpaired) electrons. The van der Waals surface area contributed by atoms with Gasteiger partial charge in [0.25, 0.3) is 0 Å². The number of hydrogen-bond acceptors (Lipinski definition) is 5. The van der Waals surface area contributed by atoms with E-state index in [1.54, 1.807) is 4.68 Å². The Kier molecular flexibility index (Phi) is 2.51. The van der Waals surface area contributed by atoms with Gasteiger partial charge in [0.05, 0.1) is 18.6 Å². The van der Waals surface area contributed by atoms with Crippen LogP contribution in [0.25, 0.3) is 11.4 Å². The molecule has 2 aliphatic rings. The summed E-state index contributed by atoms with van der Waals surface area (Å²) in [7, 11) is 0. The third-order valence-electron chi connectivity index (χ3n) is 4.24. The Morgan fingerprint density at radius 2 is 2.29 bits per heavy atom. The van der Waals surface area contributed by atoms with Crippen LogP contribution >= 0.6 is 0 Å². The Labute approximate surface area is 120 Å². The average molecular weight is 286 g/mol. The fourth-order valence-electron chi connectivity index (χ4n) is 2.72. The quantitative estimate of drug-likeness (QED) is 0.906. The van der Waals surface area contributed by atoms with Gasteiger partial charge in [0.1, 0.15) is 5.75 Å². The highest BCUT2D eigenvalue weighted by molar-refractivity contribution is 5.77. The molecule has 1 N–H and O–H groups in total. The van der Waals surface area contributed by atoms with Gasteiger partial charge in [-0.3, -0.25) is 4.79 Å². The van der Waals surface area contributed by atoms with Crippen LogP contribution in [-0.4, -0.2) is 37.9 Å². The Balaban J connectivity index is 1.67. The summed E-state index contributed by atoms with van der Waals surface area (Å²) in [6, 6.07) is 5.85. The maximum absolute atomic E-state index is 11.3. The van der Waals surface area contributed by atoms with E-state index in [0.717, 1.165) is 23.3 Å². The van der Waals surface area contributed by atoms with Gasteiger partial charge in [-0.25, -0.2) is 4.68 Å². The fourth-order valence-corrected chi connectivity index (χ4v) is 2.72. The number of carboxylic acid groups (broad SMARTS) is 1. The summed E-state index contributed by atoms with van der Waals surface area (Å²) in [5, 5.41) is 21.0. The Morgan fingerprint density at radius 1 is 1.43 bits per heavy atom. The molecule has 7 heteroatoms. The average Bonchev–Trinajstić information content (AvgIpc) is 2.91. The maximum atomic E-state index is 11.3. The van der Waals surface area contributed by atoms with Crippen LogP contribution in [0, 0.1) is 5.41 Å². The molecule has 2 heterocycles. The topological polar surface area (TPSA) is 90.1 Å². The minimum absolute atomic E-state index is 0.318. The summed E-state index contributed by atoms with van der Waals surface area (Å²) in [5.41, 5.74) is 1.34. The zero-order valence-electron chi connectivity index (χ0n) is 11.3. The Bertz CT molecular complexity index is 721. The van der Waals surface area contributed by atoms with Gasteiger partial charge < -0.3 is 9.84 Å². The first-order valence-corrected chi connectivity index (χ1v) is 6.94. The number of hydrogen-bond donors (Lipinski definition) is 1. The minimum Gasteiger partial charge on any atom is -0.493 e. The lowest BCUT2D eigenvalue weighted by atomic mass is 10.1. The second-order valence-electron chi connectivity index (χ2n) is 5.67. The van der Waals surface area contributed by atoms with Gasteiger partial charge in [-0.1, -0.05) is 0 Å². The number of carboxylic acids is 1. The van der Waals surface area contributed by atoms with Crippen molar-refractivity contribution >= 4 is 5.97 Å². The predicted octanol–water partition coefficient (Wildman–Crippen LogP) is 1.14. The largest absolute Gasteiger partial charge is 0.493 e. The van der Waals surface area contributed by atoms with Crippen LogP contribution in [0.5, 0.6) is 5.75 Å². The van der Waals surface area contributed by atoms with E-state index < -0.39 is 11.4 Å². The number of rotatable bonds is 4. The van der Waals surface area contributed by atoms with Crippen LogP contribution in [0.3, 0.4) is 0 Å². The first-order chi connectivity index (χ1) is 10.2. The van der Waals surface area contributed by atoms with Crippen molar-refractivity contribution in [3.8, 4) is 17.1 Å².